The molecule has 0 saturated heterocycles. The Bertz CT molecular complexity index is 366. The lowest BCUT2D eigenvalue weighted by molar-refractivity contribution is 0.0904. The number of amides is 1. The Hall–Kier alpha value is -1.07. The van der Waals surface area contributed by atoms with Gasteiger partial charge in [0, 0.05) is 22.7 Å². The number of nitrogens with two attached hydrogens (primary N) is 1. The second kappa shape index (κ2) is 4.84. The highest BCUT2D eigenvalue weighted by molar-refractivity contribution is 7.14. The zero-order chi connectivity index (χ0) is 12.3. The molecular weight excluding hydrogens is 224 g/mol. The second-order valence-corrected chi connectivity index (χ2v) is 5.69. The van der Waals surface area contributed by atoms with Crippen LogP contribution in [0.4, 0.5) is 5.69 Å². The Morgan fingerprint density at radius 2 is 2.25 bits per heavy atom. The third-order valence-corrected chi connectivity index (χ3v) is 3.43. The molecule has 0 aliphatic rings. The molecule has 5 heteroatoms. The first-order chi connectivity index (χ1) is 7.35. The van der Waals surface area contributed by atoms with Gasteiger partial charge in [-0.15, -0.1) is 11.3 Å². The topological polar surface area (TPSA) is 75.3 Å². The van der Waals surface area contributed by atoms with E-state index < -0.39 is 5.54 Å². The fraction of sp³-hybridized carbons (Fsp3) is 0.545. The van der Waals surface area contributed by atoms with Crippen molar-refractivity contribution in [1.29, 1.82) is 0 Å². The predicted molar refractivity (Wildman–Crippen MR) is 66.7 cm³/mol. The number of anilines is 1. The van der Waals surface area contributed by atoms with Gasteiger partial charge in [0.15, 0.2) is 0 Å². The summed E-state index contributed by atoms with van der Waals surface area (Å²) in [6.45, 7) is 5.70. The van der Waals surface area contributed by atoms with Gasteiger partial charge >= 0.3 is 0 Å². The number of carbonyl (C=O) groups excluding carboxylic acids is 1. The Morgan fingerprint density at radius 3 is 2.69 bits per heavy atom. The maximum Gasteiger partial charge on any atom is 0.261 e. The van der Waals surface area contributed by atoms with Crippen LogP contribution in [0.1, 0.15) is 34.8 Å². The Morgan fingerprint density at radius 1 is 1.62 bits per heavy atom. The molecule has 1 amide bonds. The third-order valence-electron chi connectivity index (χ3n) is 2.37. The SMILES string of the molecule is Cc1sc(C(=O)NC(C)(C)CCO)cc1N. The number of aliphatic hydroxyl groups excluding tert-OH is 1. The highest BCUT2D eigenvalue weighted by atomic mass is 32.1. The van der Waals surface area contributed by atoms with Gasteiger partial charge in [0.1, 0.15) is 0 Å². The molecule has 0 aliphatic carbocycles. The minimum atomic E-state index is -0.404. The van der Waals surface area contributed by atoms with Crippen molar-refractivity contribution in [2.24, 2.45) is 0 Å². The van der Waals surface area contributed by atoms with Crippen LogP contribution in [-0.4, -0.2) is 23.2 Å². The Kier molecular flexibility index (Phi) is 3.93. The molecule has 0 bridgehead atoms. The number of rotatable bonds is 4. The summed E-state index contributed by atoms with van der Waals surface area (Å²) in [6, 6.07) is 1.68. The number of hydrogen-bond donors (Lipinski definition) is 3. The van der Waals surface area contributed by atoms with Crippen molar-refractivity contribution < 1.29 is 9.90 Å². The van der Waals surface area contributed by atoms with Crippen LogP contribution in [0.15, 0.2) is 6.07 Å². The quantitative estimate of drug-likeness (QED) is 0.749. The van der Waals surface area contributed by atoms with Crippen LogP contribution >= 0.6 is 11.3 Å². The molecule has 0 radical (unpaired) electrons. The lowest BCUT2D eigenvalue weighted by Crippen LogP contribution is -2.43. The summed E-state index contributed by atoms with van der Waals surface area (Å²) in [6.07, 6.45) is 0.526. The average molecular weight is 242 g/mol. The average Bonchev–Trinajstić information content (AvgIpc) is 2.46. The van der Waals surface area contributed by atoms with Crippen LogP contribution in [0.5, 0.6) is 0 Å². The smallest absolute Gasteiger partial charge is 0.261 e. The largest absolute Gasteiger partial charge is 0.398 e. The van der Waals surface area contributed by atoms with E-state index in [1.54, 1.807) is 6.07 Å². The van der Waals surface area contributed by atoms with Crippen molar-refractivity contribution in [2.75, 3.05) is 12.3 Å². The number of aliphatic hydroxyl groups is 1. The van der Waals surface area contributed by atoms with E-state index >= 15 is 0 Å². The number of nitrogens with one attached hydrogen (secondary N) is 1. The van der Waals surface area contributed by atoms with Gasteiger partial charge in [-0.25, -0.2) is 0 Å². The van der Waals surface area contributed by atoms with E-state index in [0.29, 0.717) is 17.0 Å². The summed E-state index contributed by atoms with van der Waals surface area (Å²) in [5.41, 5.74) is 5.94. The van der Waals surface area contributed by atoms with Crippen LogP contribution < -0.4 is 11.1 Å². The zero-order valence-corrected chi connectivity index (χ0v) is 10.6. The van der Waals surface area contributed by atoms with Gasteiger partial charge in [0.05, 0.1) is 4.88 Å². The van der Waals surface area contributed by atoms with Crippen LogP contribution in [0.2, 0.25) is 0 Å². The summed E-state index contributed by atoms with van der Waals surface area (Å²) >= 11 is 1.38. The lowest BCUT2D eigenvalue weighted by Gasteiger charge is -2.24. The molecule has 4 N–H and O–H groups in total. The molecule has 4 nitrogen and oxygen atoms in total. The van der Waals surface area contributed by atoms with Gasteiger partial charge in [0.2, 0.25) is 0 Å². The van der Waals surface area contributed by atoms with Gasteiger partial charge in [-0.3, -0.25) is 4.79 Å². The monoisotopic (exact) mass is 242 g/mol. The molecule has 0 spiro atoms. The van der Waals surface area contributed by atoms with Crippen molar-refractivity contribution >= 4 is 22.9 Å². The Labute approximate surface area is 99.5 Å². The first kappa shape index (κ1) is 13.0. The highest BCUT2D eigenvalue weighted by Gasteiger charge is 2.21. The van der Waals surface area contributed by atoms with Gasteiger partial charge in [-0.2, -0.15) is 0 Å². The summed E-state index contributed by atoms with van der Waals surface area (Å²) in [7, 11) is 0. The van der Waals surface area contributed by atoms with E-state index in [9.17, 15) is 4.79 Å². The summed E-state index contributed by atoms with van der Waals surface area (Å²) in [5, 5.41) is 11.7. The molecule has 16 heavy (non-hydrogen) atoms. The minimum Gasteiger partial charge on any atom is -0.398 e. The number of thiophene rings is 1. The van der Waals surface area contributed by atoms with Gasteiger partial charge in [0.25, 0.3) is 5.91 Å². The third kappa shape index (κ3) is 3.21. The molecule has 0 atom stereocenters. The van der Waals surface area contributed by atoms with Crippen LogP contribution in [-0.2, 0) is 0 Å². The molecular formula is C11H18N2O2S. The molecule has 1 aromatic rings. The standard InChI is InChI=1S/C11H18N2O2S/c1-7-8(12)6-9(16-7)10(15)13-11(2,3)4-5-14/h6,14H,4-5,12H2,1-3H3,(H,13,15). The van der Waals surface area contributed by atoms with Crippen LogP contribution in [0.3, 0.4) is 0 Å². The highest BCUT2D eigenvalue weighted by Crippen LogP contribution is 2.23. The predicted octanol–water partition coefficient (Wildman–Crippen LogP) is 1.53. The zero-order valence-electron chi connectivity index (χ0n) is 9.83. The second-order valence-electron chi connectivity index (χ2n) is 4.43. The molecule has 90 valence electrons. The summed E-state index contributed by atoms with van der Waals surface area (Å²) in [5.74, 6) is -0.136. The molecule has 0 fully saturated rings. The van der Waals surface area contributed by atoms with Crippen LogP contribution in [0, 0.1) is 6.92 Å². The Balaban J connectivity index is 2.72. The normalized spacial score (nSPS) is 11.5. The molecule has 1 heterocycles. The van der Waals surface area contributed by atoms with E-state index in [2.05, 4.69) is 5.32 Å². The number of carbonyl (C=O) groups is 1. The summed E-state index contributed by atoms with van der Waals surface area (Å²) < 4.78 is 0. The first-order valence-corrected chi connectivity index (χ1v) is 5.96. The van der Waals surface area contributed by atoms with E-state index in [1.165, 1.54) is 11.3 Å². The lowest BCUT2D eigenvalue weighted by atomic mass is 10.0. The van der Waals surface area contributed by atoms with Crippen LogP contribution in [0.25, 0.3) is 0 Å². The first-order valence-electron chi connectivity index (χ1n) is 5.15. The van der Waals surface area contributed by atoms with Crippen molar-refractivity contribution in [3.8, 4) is 0 Å². The maximum absolute atomic E-state index is 11.9. The van der Waals surface area contributed by atoms with E-state index in [0.717, 1.165) is 4.88 Å². The molecule has 1 aromatic heterocycles. The van der Waals surface area contributed by atoms with E-state index in [4.69, 9.17) is 10.8 Å². The number of nitrogen functional groups attached to an aromatic ring is 1. The van der Waals surface area contributed by atoms with Crippen molar-refractivity contribution in [3.63, 3.8) is 0 Å². The molecule has 0 aliphatic heterocycles. The molecule has 0 unspecified atom stereocenters. The number of aryl methyl sites for hydroxylation is 1. The van der Waals surface area contributed by atoms with Gasteiger partial charge in [-0.1, -0.05) is 0 Å². The molecule has 0 aromatic carbocycles. The minimum absolute atomic E-state index is 0.0545. The summed E-state index contributed by atoms with van der Waals surface area (Å²) in [4.78, 5) is 13.4. The maximum atomic E-state index is 11.9. The van der Waals surface area contributed by atoms with Crippen molar-refractivity contribution in [1.82, 2.24) is 5.32 Å². The van der Waals surface area contributed by atoms with Gasteiger partial charge < -0.3 is 16.2 Å². The van der Waals surface area contributed by atoms with Crippen molar-refractivity contribution in [2.45, 2.75) is 32.7 Å². The van der Waals surface area contributed by atoms with Gasteiger partial charge in [-0.05, 0) is 33.3 Å². The number of hydrogen-bond acceptors (Lipinski definition) is 4. The van der Waals surface area contributed by atoms with Crippen molar-refractivity contribution in [3.05, 3.63) is 15.8 Å². The molecule has 1 rings (SSSR count). The van der Waals surface area contributed by atoms with E-state index in [-0.39, 0.29) is 12.5 Å². The van der Waals surface area contributed by atoms with E-state index in [1.807, 2.05) is 20.8 Å². The fourth-order valence-corrected chi connectivity index (χ4v) is 2.16. The molecule has 0 saturated carbocycles. The fourth-order valence-electron chi connectivity index (χ4n) is 1.32.